The zero-order valence-corrected chi connectivity index (χ0v) is 12.9. The lowest BCUT2D eigenvalue weighted by atomic mass is 10.2. The molecule has 1 saturated heterocycles. The first-order chi connectivity index (χ1) is 8.63. The lowest BCUT2D eigenvalue weighted by Crippen LogP contribution is -2.48. The van der Waals surface area contributed by atoms with Crippen LogP contribution in [0.15, 0.2) is 0 Å². The van der Waals surface area contributed by atoms with Crippen LogP contribution in [0.1, 0.15) is 33.6 Å². The molecule has 18 heavy (non-hydrogen) atoms. The highest BCUT2D eigenvalue weighted by Crippen LogP contribution is 2.04. The Balaban J connectivity index is 0.00000137. The average molecular weight is 257 g/mol. The monoisotopic (exact) mass is 257 g/mol. The van der Waals surface area contributed by atoms with E-state index in [1.165, 1.54) is 6.42 Å². The second kappa shape index (κ2) is 10.3. The van der Waals surface area contributed by atoms with E-state index in [1.54, 1.807) is 0 Å². The van der Waals surface area contributed by atoms with Gasteiger partial charge in [-0.2, -0.15) is 0 Å². The van der Waals surface area contributed by atoms with Gasteiger partial charge in [0.1, 0.15) is 0 Å². The number of nitrogens with zero attached hydrogens (tertiary/aromatic N) is 3. The van der Waals surface area contributed by atoms with Crippen LogP contribution in [0.3, 0.4) is 0 Å². The summed E-state index contributed by atoms with van der Waals surface area (Å²) in [7, 11) is 4.22. The molecule has 0 saturated carbocycles. The smallest absolute Gasteiger partial charge is 0.222 e. The fourth-order valence-electron chi connectivity index (χ4n) is 2.06. The summed E-state index contributed by atoms with van der Waals surface area (Å²) in [6, 6.07) is 0. The van der Waals surface area contributed by atoms with Crippen molar-refractivity contribution in [3.05, 3.63) is 0 Å². The predicted octanol–water partition coefficient (Wildman–Crippen LogP) is 1.52. The van der Waals surface area contributed by atoms with Gasteiger partial charge in [0.05, 0.1) is 0 Å². The zero-order valence-electron chi connectivity index (χ0n) is 12.9. The minimum Gasteiger partial charge on any atom is -0.340 e. The van der Waals surface area contributed by atoms with E-state index < -0.39 is 0 Å². The number of hydrogen-bond acceptors (Lipinski definition) is 3. The summed E-state index contributed by atoms with van der Waals surface area (Å²) < 4.78 is 0. The topological polar surface area (TPSA) is 26.8 Å². The van der Waals surface area contributed by atoms with E-state index in [0.29, 0.717) is 12.3 Å². The number of piperazine rings is 1. The molecule has 4 nitrogen and oxygen atoms in total. The Bertz CT molecular complexity index is 211. The van der Waals surface area contributed by atoms with Crippen molar-refractivity contribution in [2.75, 3.05) is 53.4 Å². The van der Waals surface area contributed by atoms with E-state index in [-0.39, 0.29) is 0 Å². The summed E-state index contributed by atoms with van der Waals surface area (Å²) in [6.45, 7) is 12.1. The van der Waals surface area contributed by atoms with Gasteiger partial charge >= 0.3 is 0 Å². The summed E-state index contributed by atoms with van der Waals surface area (Å²) >= 11 is 0. The zero-order chi connectivity index (χ0) is 14.0. The number of carbonyl (C=O) groups is 1. The molecule has 1 aliphatic rings. The van der Waals surface area contributed by atoms with Crippen molar-refractivity contribution >= 4 is 5.91 Å². The van der Waals surface area contributed by atoms with Crippen molar-refractivity contribution in [2.45, 2.75) is 33.6 Å². The van der Waals surface area contributed by atoms with Gasteiger partial charge in [-0.1, -0.05) is 20.8 Å². The van der Waals surface area contributed by atoms with Gasteiger partial charge in [0.25, 0.3) is 0 Å². The fraction of sp³-hybridized carbons (Fsp3) is 0.929. The van der Waals surface area contributed by atoms with Crippen LogP contribution in [0.4, 0.5) is 0 Å². The molecular weight excluding hydrogens is 226 g/mol. The third-order valence-electron chi connectivity index (χ3n) is 3.11. The van der Waals surface area contributed by atoms with Crippen molar-refractivity contribution in [1.29, 1.82) is 0 Å². The van der Waals surface area contributed by atoms with E-state index in [1.807, 2.05) is 25.7 Å². The van der Waals surface area contributed by atoms with Crippen molar-refractivity contribution in [3.8, 4) is 0 Å². The molecule has 0 aromatic carbocycles. The fourth-order valence-corrected chi connectivity index (χ4v) is 2.06. The van der Waals surface area contributed by atoms with Crippen LogP contribution in [0, 0.1) is 0 Å². The van der Waals surface area contributed by atoms with Crippen molar-refractivity contribution < 1.29 is 4.79 Å². The minimum atomic E-state index is 0.299. The Hall–Kier alpha value is -0.610. The average Bonchev–Trinajstić information content (AvgIpc) is 2.40. The quantitative estimate of drug-likeness (QED) is 0.747. The maximum absolute atomic E-state index is 11.5. The van der Waals surface area contributed by atoms with Gasteiger partial charge in [0.15, 0.2) is 0 Å². The normalized spacial score (nSPS) is 16.4. The SMILES string of the molecule is CC.CCC(=O)N1CCN(CCCN(C)C)CC1. The molecule has 1 heterocycles. The standard InChI is InChI=1S/C12H25N3O.C2H6/c1-4-12(16)15-10-8-14(9-11-15)7-5-6-13(2)3;1-2/h4-11H2,1-3H3;1-2H3. The summed E-state index contributed by atoms with van der Waals surface area (Å²) in [4.78, 5) is 18.1. The molecule has 1 aliphatic heterocycles. The van der Waals surface area contributed by atoms with Crippen LogP contribution in [0.2, 0.25) is 0 Å². The van der Waals surface area contributed by atoms with Crippen LogP contribution in [-0.4, -0.2) is 74.0 Å². The third kappa shape index (κ3) is 6.97. The molecule has 0 atom stereocenters. The Kier molecular flexibility index (Phi) is 9.98. The molecule has 0 bridgehead atoms. The summed E-state index contributed by atoms with van der Waals surface area (Å²) in [5.41, 5.74) is 0. The van der Waals surface area contributed by atoms with Crippen LogP contribution in [0.5, 0.6) is 0 Å². The molecule has 0 aliphatic carbocycles. The minimum absolute atomic E-state index is 0.299. The van der Waals surface area contributed by atoms with Gasteiger partial charge in [-0.25, -0.2) is 0 Å². The first-order valence-electron chi connectivity index (χ1n) is 7.28. The van der Waals surface area contributed by atoms with Crippen LogP contribution in [-0.2, 0) is 4.79 Å². The second-order valence-electron chi connectivity index (χ2n) is 4.73. The molecule has 1 rings (SSSR count). The number of carbonyl (C=O) groups excluding carboxylic acids is 1. The molecule has 0 spiro atoms. The molecule has 0 aromatic heterocycles. The summed E-state index contributed by atoms with van der Waals surface area (Å²) in [5.74, 6) is 0.299. The van der Waals surface area contributed by atoms with Crippen LogP contribution >= 0.6 is 0 Å². The van der Waals surface area contributed by atoms with Gasteiger partial charge in [-0.3, -0.25) is 9.69 Å². The number of amides is 1. The van der Waals surface area contributed by atoms with Gasteiger partial charge in [-0.05, 0) is 33.6 Å². The maximum atomic E-state index is 11.5. The van der Waals surface area contributed by atoms with Gasteiger partial charge in [0.2, 0.25) is 5.91 Å². The molecule has 0 aromatic rings. The molecule has 0 N–H and O–H groups in total. The molecule has 0 unspecified atom stereocenters. The first kappa shape index (κ1) is 17.4. The maximum Gasteiger partial charge on any atom is 0.222 e. The van der Waals surface area contributed by atoms with Gasteiger partial charge < -0.3 is 9.80 Å². The molecular formula is C14H31N3O. The van der Waals surface area contributed by atoms with E-state index in [4.69, 9.17) is 0 Å². The molecule has 0 radical (unpaired) electrons. The molecule has 1 amide bonds. The predicted molar refractivity (Wildman–Crippen MR) is 77.8 cm³/mol. The second-order valence-corrected chi connectivity index (χ2v) is 4.73. The lowest BCUT2D eigenvalue weighted by molar-refractivity contribution is -0.132. The van der Waals surface area contributed by atoms with Crippen LogP contribution in [0.25, 0.3) is 0 Å². The van der Waals surface area contributed by atoms with Gasteiger partial charge in [0, 0.05) is 32.6 Å². The Morgan fingerprint density at radius 1 is 1.11 bits per heavy atom. The highest BCUT2D eigenvalue weighted by atomic mass is 16.2. The first-order valence-corrected chi connectivity index (χ1v) is 7.28. The number of hydrogen-bond donors (Lipinski definition) is 0. The van der Waals surface area contributed by atoms with E-state index in [0.717, 1.165) is 39.3 Å². The highest BCUT2D eigenvalue weighted by molar-refractivity contribution is 5.75. The Morgan fingerprint density at radius 2 is 1.67 bits per heavy atom. The lowest BCUT2D eigenvalue weighted by Gasteiger charge is -2.34. The van der Waals surface area contributed by atoms with Crippen molar-refractivity contribution in [2.24, 2.45) is 0 Å². The molecule has 108 valence electrons. The van der Waals surface area contributed by atoms with E-state index in [9.17, 15) is 4.79 Å². The molecule has 4 heteroatoms. The van der Waals surface area contributed by atoms with E-state index in [2.05, 4.69) is 23.9 Å². The number of rotatable bonds is 5. The largest absolute Gasteiger partial charge is 0.340 e. The van der Waals surface area contributed by atoms with Gasteiger partial charge in [-0.15, -0.1) is 0 Å². The summed E-state index contributed by atoms with van der Waals surface area (Å²) in [6.07, 6.45) is 1.86. The van der Waals surface area contributed by atoms with Crippen molar-refractivity contribution in [1.82, 2.24) is 14.7 Å². The summed E-state index contributed by atoms with van der Waals surface area (Å²) in [5, 5.41) is 0. The highest BCUT2D eigenvalue weighted by Gasteiger charge is 2.19. The molecule has 1 fully saturated rings. The van der Waals surface area contributed by atoms with Crippen LogP contribution < -0.4 is 0 Å². The Morgan fingerprint density at radius 3 is 2.11 bits per heavy atom. The third-order valence-corrected chi connectivity index (χ3v) is 3.11. The van der Waals surface area contributed by atoms with Crippen molar-refractivity contribution in [3.63, 3.8) is 0 Å². The Labute approximate surface area is 113 Å². The van der Waals surface area contributed by atoms with E-state index >= 15 is 0 Å².